The van der Waals surface area contributed by atoms with E-state index in [0.717, 1.165) is 23.5 Å². The first-order valence-electron chi connectivity index (χ1n) is 15.3. The van der Waals surface area contributed by atoms with Crippen LogP contribution in [0.1, 0.15) is 77.3 Å². The van der Waals surface area contributed by atoms with Gasteiger partial charge in [0.2, 0.25) is 5.75 Å². The smallest absolute Gasteiger partial charge is 0.318 e. The van der Waals surface area contributed by atoms with Gasteiger partial charge in [-0.25, -0.2) is 0 Å². The van der Waals surface area contributed by atoms with Gasteiger partial charge in [-0.15, -0.1) is 6.58 Å². The second-order valence-electron chi connectivity index (χ2n) is 13.8. The highest BCUT2D eigenvalue weighted by atomic mass is 16.6. The van der Waals surface area contributed by atoms with Crippen molar-refractivity contribution in [3.63, 3.8) is 0 Å². The van der Waals surface area contributed by atoms with Crippen molar-refractivity contribution in [3.05, 3.63) is 96.9 Å². The van der Waals surface area contributed by atoms with Gasteiger partial charge in [-0.2, -0.15) is 0 Å². The quantitative estimate of drug-likeness (QED) is 0.155. The molecule has 0 spiro atoms. The van der Waals surface area contributed by atoms with E-state index in [1.165, 1.54) is 6.07 Å². The molecule has 0 atom stereocenters. The van der Waals surface area contributed by atoms with Crippen LogP contribution in [0.25, 0.3) is 0 Å². The number of Topliss-reactive ketones (excluding diaryl/α,β-unsaturated/α-hetero) is 2. The second kappa shape index (κ2) is 11.9. The lowest BCUT2D eigenvalue weighted by Gasteiger charge is -2.48. The van der Waals surface area contributed by atoms with Crippen LogP contribution in [-0.4, -0.2) is 40.0 Å². The number of hydrogen-bond donors (Lipinski definition) is 0. The van der Waals surface area contributed by atoms with Gasteiger partial charge in [-0.3, -0.25) is 29.8 Å². The Bertz CT molecular complexity index is 1700. The van der Waals surface area contributed by atoms with Crippen LogP contribution in [0.3, 0.4) is 0 Å². The van der Waals surface area contributed by atoms with Crippen molar-refractivity contribution in [3.8, 4) is 17.2 Å². The average molecular weight is 630 g/mol. The van der Waals surface area contributed by atoms with Gasteiger partial charge in [0.05, 0.1) is 22.5 Å². The molecule has 0 radical (unpaired) electrons. The number of hydrogen-bond acceptors (Lipinski definition) is 9. The van der Waals surface area contributed by atoms with Gasteiger partial charge in [0.1, 0.15) is 0 Å². The van der Waals surface area contributed by atoms with Crippen LogP contribution in [0.2, 0.25) is 0 Å². The van der Waals surface area contributed by atoms with E-state index in [1.807, 2.05) is 13.1 Å². The zero-order chi connectivity index (χ0) is 33.7. The summed E-state index contributed by atoms with van der Waals surface area (Å²) in [4.78, 5) is 51.8. The first-order valence-corrected chi connectivity index (χ1v) is 15.3. The lowest BCUT2D eigenvalue weighted by atomic mass is 9.63. The fourth-order valence-corrected chi connectivity index (χ4v) is 6.99. The highest BCUT2D eigenvalue weighted by molar-refractivity contribution is 6.06. The minimum Gasteiger partial charge on any atom is -0.490 e. The molecule has 3 aliphatic rings. The van der Waals surface area contributed by atoms with Gasteiger partial charge in [0.25, 0.3) is 5.69 Å². The van der Waals surface area contributed by atoms with Crippen LogP contribution in [0.5, 0.6) is 17.2 Å². The molecule has 2 aromatic carbocycles. The van der Waals surface area contributed by atoms with Crippen LogP contribution >= 0.6 is 0 Å². The summed E-state index contributed by atoms with van der Waals surface area (Å²) >= 11 is 0. The molecular weight excluding hydrogens is 590 g/mol. The van der Waals surface area contributed by atoms with Gasteiger partial charge >= 0.3 is 5.69 Å². The molecule has 242 valence electrons. The van der Waals surface area contributed by atoms with Crippen LogP contribution in [-0.2, 0) is 16.0 Å². The molecule has 2 aliphatic carbocycles. The topological polar surface area (TPSA) is 142 Å². The summed E-state index contributed by atoms with van der Waals surface area (Å²) in [6.07, 6.45) is 3.97. The number of rotatable bonds is 9. The number of nitro benzene ring substituents is 2. The summed E-state index contributed by atoms with van der Waals surface area (Å²) in [6, 6.07) is 6.77. The zero-order valence-corrected chi connectivity index (χ0v) is 27.1. The SMILES string of the molecule is C=CCc1cc(C2C3=C(CC(C)(C)CC3=O)N(C)C3=C2C(=O)CC(C)(C)C3)cc(OCC)c1Oc1ccc([N+](=O)[O-])cc1[N+](=O)[O-]. The maximum absolute atomic E-state index is 14.0. The Balaban J connectivity index is 1.74. The van der Waals surface area contributed by atoms with Crippen molar-refractivity contribution in [2.24, 2.45) is 10.8 Å². The van der Waals surface area contributed by atoms with E-state index < -0.39 is 27.1 Å². The molecular formula is C35H39N3O8. The van der Waals surface area contributed by atoms with Crippen LogP contribution in [0.4, 0.5) is 11.4 Å². The Morgan fingerprint density at radius 3 is 2.00 bits per heavy atom. The highest BCUT2D eigenvalue weighted by Crippen LogP contribution is 2.55. The Morgan fingerprint density at radius 2 is 1.50 bits per heavy atom. The number of ketones is 2. The molecule has 0 aromatic heterocycles. The standard InChI is InChI=1S/C35H39N3O8/c1-8-10-20-13-21(14-29(45-9-2)33(20)46-28-12-11-22(37(41)42)15-23(28)38(43)44)30-31-24(16-34(3,4)18-26(31)39)36(7)25-17-35(5,6)19-27(40)32(25)30/h8,11-15,30H,1,9-10,16-19H2,2-7H3. The Labute approximate surface area is 267 Å². The third-order valence-corrected chi connectivity index (χ3v) is 8.89. The molecule has 0 fully saturated rings. The molecule has 0 saturated heterocycles. The van der Waals surface area contributed by atoms with Gasteiger partial charge in [0, 0.05) is 60.0 Å². The predicted molar refractivity (Wildman–Crippen MR) is 172 cm³/mol. The molecule has 2 aromatic rings. The molecule has 0 bridgehead atoms. The van der Waals surface area contributed by atoms with Crippen molar-refractivity contribution in [2.75, 3.05) is 13.7 Å². The summed E-state index contributed by atoms with van der Waals surface area (Å²) in [5, 5.41) is 23.2. The van der Waals surface area contributed by atoms with Crippen LogP contribution in [0.15, 0.2) is 65.5 Å². The van der Waals surface area contributed by atoms with Gasteiger partial charge in [-0.05, 0) is 54.7 Å². The zero-order valence-electron chi connectivity index (χ0n) is 27.1. The molecule has 5 rings (SSSR count). The van der Waals surface area contributed by atoms with Crippen LogP contribution in [0, 0.1) is 31.1 Å². The summed E-state index contributed by atoms with van der Waals surface area (Å²) in [6.45, 7) is 14.2. The van der Waals surface area contributed by atoms with E-state index in [0.29, 0.717) is 48.0 Å². The number of allylic oxidation sites excluding steroid dienone is 5. The number of ether oxygens (including phenoxy) is 2. The van der Waals surface area contributed by atoms with Crippen molar-refractivity contribution in [2.45, 2.75) is 72.6 Å². The van der Waals surface area contributed by atoms with E-state index in [1.54, 1.807) is 19.1 Å². The predicted octanol–water partition coefficient (Wildman–Crippen LogP) is 7.74. The lowest BCUT2D eigenvalue weighted by Crippen LogP contribution is -2.43. The summed E-state index contributed by atoms with van der Waals surface area (Å²) in [7, 11) is 1.95. The largest absolute Gasteiger partial charge is 0.490 e. The number of nitrogens with zero attached hydrogens (tertiary/aromatic N) is 3. The number of carbonyl (C=O) groups excluding carboxylic acids is 2. The number of carbonyl (C=O) groups is 2. The minimum atomic E-state index is -0.739. The average Bonchev–Trinajstić information content (AvgIpc) is 2.94. The number of benzene rings is 2. The van der Waals surface area contributed by atoms with Gasteiger partial charge < -0.3 is 14.4 Å². The molecule has 0 unspecified atom stereocenters. The van der Waals surface area contributed by atoms with E-state index in [9.17, 15) is 29.8 Å². The Morgan fingerprint density at radius 1 is 0.913 bits per heavy atom. The first kappa shape index (κ1) is 32.6. The fraction of sp³-hybridized carbons (Fsp3) is 0.429. The molecule has 1 aliphatic heterocycles. The van der Waals surface area contributed by atoms with Gasteiger partial charge in [-0.1, -0.05) is 39.8 Å². The summed E-state index contributed by atoms with van der Waals surface area (Å²) in [5.74, 6) is -0.377. The molecule has 11 heteroatoms. The van der Waals surface area contributed by atoms with Crippen molar-refractivity contribution in [1.82, 2.24) is 4.90 Å². The second-order valence-corrected chi connectivity index (χ2v) is 13.8. The molecule has 11 nitrogen and oxygen atoms in total. The molecule has 0 saturated carbocycles. The van der Waals surface area contributed by atoms with E-state index in [-0.39, 0.29) is 52.7 Å². The van der Waals surface area contributed by atoms with Crippen molar-refractivity contribution < 1.29 is 28.9 Å². The Kier molecular flexibility index (Phi) is 8.40. The lowest BCUT2D eigenvalue weighted by molar-refractivity contribution is -0.394. The normalized spacial score (nSPS) is 19.0. The maximum Gasteiger partial charge on any atom is 0.318 e. The molecule has 0 N–H and O–H groups in total. The van der Waals surface area contributed by atoms with Gasteiger partial charge in [0.15, 0.2) is 23.1 Å². The Hall–Kier alpha value is -4.80. The van der Waals surface area contributed by atoms with Crippen LogP contribution < -0.4 is 9.47 Å². The fourth-order valence-electron chi connectivity index (χ4n) is 6.99. The summed E-state index contributed by atoms with van der Waals surface area (Å²) in [5.41, 5.74) is 2.80. The monoisotopic (exact) mass is 629 g/mol. The van der Waals surface area contributed by atoms with E-state index in [4.69, 9.17) is 9.47 Å². The first-order chi connectivity index (χ1) is 21.6. The third-order valence-electron chi connectivity index (χ3n) is 8.89. The summed E-state index contributed by atoms with van der Waals surface area (Å²) < 4.78 is 12.2. The minimum absolute atomic E-state index is 0.00246. The maximum atomic E-state index is 14.0. The molecule has 0 amide bonds. The van der Waals surface area contributed by atoms with Crippen molar-refractivity contribution in [1.29, 1.82) is 0 Å². The third kappa shape index (κ3) is 5.93. The number of non-ortho nitro benzene ring substituents is 1. The molecule has 46 heavy (non-hydrogen) atoms. The van der Waals surface area contributed by atoms with Crippen molar-refractivity contribution >= 4 is 22.9 Å². The molecule has 1 heterocycles. The van der Waals surface area contributed by atoms with E-state index >= 15 is 0 Å². The highest BCUT2D eigenvalue weighted by Gasteiger charge is 2.48. The van der Waals surface area contributed by atoms with E-state index in [2.05, 4.69) is 39.2 Å². The number of nitro groups is 2.